The molecular formula is C13H17N3O. The van der Waals surface area contributed by atoms with Gasteiger partial charge in [0.05, 0.1) is 12.0 Å². The number of nitrogens with zero attached hydrogens (tertiary/aromatic N) is 1. The zero-order valence-corrected chi connectivity index (χ0v) is 10.1. The Bertz CT molecular complexity index is 479. The van der Waals surface area contributed by atoms with Crippen molar-refractivity contribution in [2.24, 2.45) is 0 Å². The lowest BCUT2D eigenvalue weighted by Gasteiger charge is -2.15. The first-order valence-corrected chi connectivity index (χ1v) is 5.67. The van der Waals surface area contributed by atoms with Crippen LogP contribution in [0.5, 0.6) is 0 Å². The number of rotatable bonds is 4. The molecule has 0 aliphatic carbocycles. The molecule has 0 fully saturated rings. The van der Waals surface area contributed by atoms with E-state index in [0.717, 1.165) is 23.7 Å². The molecule has 4 heteroatoms. The molecule has 0 spiro atoms. The normalized spacial score (nSPS) is 12.4. The maximum atomic E-state index is 5.86. The van der Waals surface area contributed by atoms with Crippen LogP contribution in [0.3, 0.4) is 0 Å². The number of nitrogens with one attached hydrogen (secondary N) is 1. The van der Waals surface area contributed by atoms with E-state index in [2.05, 4.69) is 17.2 Å². The van der Waals surface area contributed by atoms with Crippen LogP contribution in [0.15, 0.2) is 34.9 Å². The molecule has 0 saturated carbocycles. The minimum absolute atomic E-state index is 0.220. The first-order chi connectivity index (χ1) is 8.15. The number of anilines is 2. The molecule has 0 amide bonds. The summed E-state index contributed by atoms with van der Waals surface area (Å²) in [6, 6.07) is 7.84. The van der Waals surface area contributed by atoms with Crippen molar-refractivity contribution >= 4 is 11.5 Å². The summed E-state index contributed by atoms with van der Waals surface area (Å²) >= 11 is 0. The molecule has 0 aliphatic heterocycles. The fourth-order valence-electron chi connectivity index (χ4n) is 1.70. The number of furan rings is 1. The van der Waals surface area contributed by atoms with Gasteiger partial charge in [0.15, 0.2) is 0 Å². The van der Waals surface area contributed by atoms with Gasteiger partial charge >= 0.3 is 0 Å². The van der Waals surface area contributed by atoms with Crippen LogP contribution < -0.4 is 11.1 Å². The van der Waals surface area contributed by atoms with Crippen molar-refractivity contribution in [1.29, 1.82) is 0 Å². The zero-order valence-electron chi connectivity index (χ0n) is 10.1. The van der Waals surface area contributed by atoms with E-state index in [4.69, 9.17) is 10.2 Å². The van der Waals surface area contributed by atoms with E-state index in [1.165, 1.54) is 0 Å². The van der Waals surface area contributed by atoms with Crippen molar-refractivity contribution in [1.82, 2.24) is 4.98 Å². The highest BCUT2D eigenvalue weighted by Gasteiger charge is 2.08. The van der Waals surface area contributed by atoms with E-state index < -0.39 is 0 Å². The lowest BCUT2D eigenvalue weighted by atomic mass is 10.2. The largest absolute Gasteiger partial charge is 0.469 e. The van der Waals surface area contributed by atoms with Crippen LogP contribution in [0.4, 0.5) is 11.5 Å². The maximum Gasteiger partial charge on any atom is 0.149 e. The van der Waals surface area contributed by atoms with Crippen molar-refractivity contribution in [3.05, 3.63) is 42.0 Å². The van der Waals surface area contributed by atoms with Crippen molar-refractivity contribution in [3.8, 4) is 0 Å². The molecule has 90 valence electrons. The Labute approximate surface area is 101 Å². The molecule has 0 saturated heterocycles. The Morgan fingerprint density at radius 3 is 2.94 bits per heavy atom. The number of nitrogens with two attached hydrogens (primary N) is 1. The topological polar surface area (TPSA) is 64.1 Å². The molecule has 2 heterocycles. The van der Waals surface area contributed by atoms with Gasteiger partial charge in [-0.15, -0.1) is 0 Å². The smallest absolute Gasteiger partial charge is 0.149 e. The Kier molecular flexibility index (Phi) is 3.32. The van der Waals surface area contributed by atoms with Crippen LogP contribution >= 0.6 is 0 Å². The maximum absolute atomic E-state index is 5.86. The van der Waals surface area contributed by atoms with E-state index in [-0.39, 0.29) is 6.04 Å². The van der Waals surface area contributed by atoms with Gasteiger partial charge in [0.1, 0.15) is 11.6 Å². The molecule has 2 rings (SSSR count). The predicted molar refractivity (Wildman–Crippen MR) is 68.9 cm³/mol. The van der Waals surface area contributed by atoms with Gasteiger partial charge in [-0.3, -0.25) is 0 Å². The first kappa shape index (κ1) is 11.5. The summed E-state index contributed by atoms with van der Waals surface area (Å²) in [6.45, 7) is 4.02. The van der Waals surface area contributed by atoms with Crippen LogP contribution in [-0.4, -0.2) is 11.0 Å². The minimum atomic E-state index is 0.220. The highest BCUT2D eigenvalue weighted by molar-refractivity contribution is 5.61. The van der Waals surface area contributed by atoms with Gasteiger partial charge in [-0.1, -0.05) is 0 Å². The third kappa shape index (κ3) is 3.00. The lowest BCUT2D eigenvalue weighted by molar-refractivity contribution is 0.497. The molecule has 0 aliphatic rings. The van der Waals surface area contributed by atoms with E-state index in [0.29, 0.717) is 5.69 Å². The summed E-state index contributed by atoms with van der Waals surface area (Å²) in [7, 11) is 0. The monoisotopic (exact) mass is 231 g/mol. The molecular weight excluding hydrogens is 214 g/mol. The van der Waals surface area contributed by atoms with Crippen molar-refractivity contribution in [2.45, 2.75) is 26.3 Å². The van der Waals surface area contributed by atoms with Crippen LogP contribution in [0.25, 0.3) is 0 Å². The van der Waals surface area contributed by atoms with E-state index in [1.807, 2.05) is 31.2 Å². The van der Waals surface area contributed by atoms with E-state index >= 15 is 0 Å². The summed E-state index contributed by atoms with van der Waals surface area (Å²) in [5.74, 6) is 1.69. The lowest BCUT2D eigenvalue weighted by Crippen LogP contribution is -2.19. The highest BCUT2D eigenvalue weighted by Crippen LogP contribution is 2.17. The molecule has 0 aromatic carbocycles. The number of aromatic nitrogens is 1. The second kappa shape index (κ2) is 4.91. The minimum Gasteiger partial charge on any atom is -0.469 e. The van der Waals surface area contributed by atoms with Gasteiger partial charge < -0.3 is 15.5 Å². The van der Waals surface area contributed by atoms with Gasteiger partial charge in [-0.05, 0) is 38.1 Å². The van der Waals surface area contributed by atoms with Crippen molar-refractivity contribution < 1.29 is 4.42 Å². The summed E-state index contributed by atoms with van der Waals surface area (Å²) in [6.07, 6.45) is 2.49. The molecule has 3 N–H and O–H groups in total. The second-order valence-electron chi connectivity index (χ2n) is 4.22. The SMILES string of the molecule is Cc1ccc(N)c(NC(C)Cc2ccco2)n1. The molecule has 1 atom stereocenters. The average molecular weight is 231 g/mol. The Morgan fingerprint density at radius 1 is 1.41 bits per heavy atom. The van der Waals surface area contributed by atoms with Gasteiger partial charge in [0, 0.05) is 18.2 Å². The van der Waals surface area contributed by atoms with Crippen LogP contribution in [0.1, 0.15) is 18.4 Å². The molecule has 4 nitrogen and oxygen atoms in total. The molecule has 17 heavy (non-hydrogen) atoms. The Hall–Kier alpha value is -1.97. The standard InChI is InChI=1S/C13H17N3O/c1-9-5-6-12(14)13(15-9)16-10(2)8-11-4-3-7-17-11/h3-7,10H,8,14H2,1-2H3,(H,15,16). The van der Waals surface area contributed by atoms with Gasteiger partial charge in [0.2, 0.25) is 0 Å². The number of pyridine rings is 1. The second-order valence-corrected chi connectivity index (χ2v) is 4.22. The third-order valence-electron chi connectivity index (χ3n) is 2.54. The Balaban J connectivity index is 2.02. The quantitative estimate of drug-likeness (QED) is 0.849. The molecule has 0 bridgehead atoms. The van der Waals surface area contributed by atoms with Crippen molar-refractivity contribution in [3.63, 3.8) is 0 Å². The predicted octanol–water partition coefficient (Wildman–Crippen LogP) is 2.61. The molecule has 2 aromatic heterocycles. The number of aryl methyl sites for hydroxylation is 1. The highest BCUT2D eigenvalue weighted by atomic mass is 16.3. The van der Waals surface area contributed by atoms with E-state index in [9.17, 15) is 0 Å². The zero-order chi connectivity index (χ0) is 12.3. The average Bonchev–Trinajstić information content (AvgIpc) is 2.76. The summed E-state index contributed by atoms with van der Waals surface area (Å²) in [5, 5.41) is 3.29. The molecule has 0 radical (unpaired) electrons. The van der Waals surface area contributed by atoms with Crippen LogP contribution in [0.2, 0.25) is 0 Å². The number of hydrogen-bond acceptors (Lipinski definition) is 4. The third-order valence-corrected chi connectivity index (χ3v) is 2.54. The fourth-order valence-corrected chi connectivity index (χ4v) is 1.70. The number of nitrogen functional groups attached to an aromatic ring is 1. The number of hydrogen-bond donors (Lipinski definition) is 2. The molecule has 2 aromatic rings. The van der Waals surface area contributed by atoms with E-state index in [1.54, 1.807) is 6.26 Å². The molecule has 1 unspecified atom stereocenters. The summed E-state index contributed by atoms with van der Waals surface area (Å²) < 4.78 is 5.30. The van der Waals surface area contributed by atoms with Crippen LogP contribution in [-0.2, 0) is 6.42 Å². The Morgan fingerprint density at radius 2 is 2.24 bits per heavy atom. The van der Waals surface area contributed by atoms with Gasteiger partial charge in [0.25, 0.3) is 0 Å². The first-order valence-electron chi connectivity index (χ1n) is 5.67. The van der Waals surface area contributed by atoms with Crippen molar-refractivity contribution in [2.75, 3.05) is 11.1 Å². The fraction of sp³-hybridized carbons (Fsp3) is 0.308. The van der Waals surface area contributed by atoms with Gasteiger partial charge in [-0.25, -0.2) is 4.98 Å². The van der Waals surface area contributed by atoms with Crippen LogP contribution in [0, 0.1) is 6.92 Å². The summed E-state index contributed by atoms with van der Waals surface area (Å²) in [4.78, 5) is 4.38. The van der Waals surface area contributed by atoms with Gasteiger partial charge in [-0.2, -0.15) is 0 Å². The summed E-state index contributed by atoms with van der Waals surface area (Å²) in [5.41, 5.74) is 7.48.